The Kier molecular flexibility index (Phi) is 7.30. The van der Waals surface area contributed by atoms with Crippen molar-refractivity contribution in [1.82, 2.24) is 0 Å². The average molecular weight is 407 g/mol. The first kappa shape index (κ1) is 20.5. The zero-order chi connectivity index (χ0) is 20.5. The van der Waals surface area contributed by atoms with Crippen molar-refractivity contribution in [1.29, 1.82) is 0 Å². The minimum atomic E-state index is -0.287. The summed E-state index contributed by atoms with van der Waals surface area (Å²) < 4.78 is 5.12. The summed E-state index contributed by atoms with van der Waals surface area (Å²) in [7, 11) is 1.59. The van der Waals surface area contributed by atoms with Crippen LogP contribution in [-0.2, 0) is 4.79 Å². The number of carbonyl (C=O) groups excluding carboxylic acids is 2. The van der Waals surface area contributed by atoms with Crippen molar-refractivity contribution in [2.45, 2.75) is 11.3 Å². The molecule has 0 spiro atoms. The van der Waals surface area contributed by atoms with Crippen LogP contribution in [0.25, 0.3) is 0 Å². The molecule has 0 bridgehead atoms. The molecule has 0 atom stereocenters. The third-order valence-electron chi connectivity index (χ3n) is 4.13. The molecule has 3 rings (SSSR count). The number of hydrogen-bond acceptors (Lipinski definition) is 4. The highest BCUT2D eigenvalue weighted by atomic mass is 32.2. The Balaban J connectivity index is 1.58. The van der Waals surface area contributed by atoms with E-state index in [4.69, 9.17) is 4.74 Å². The van der Waals surface area contributed by atoms with Crippen molar-refractivity contribution in [2.75, 3.05) is 23.5 Å². The minimum Gasteiger partial charge on any atom is -0.497 e. The van der Waals surface area contributed by atoms with Crippen LogP contribution < -0.4 is 15.4 Å². The number of anilines is 2. The van der Waals surface area contributed by atoms with Crippen LogP contribution in [0, 0.1) is 0 Å². The molecular weight excluding hydrogens is 384 g/mol. The first-order chi connectivity index (χ1) is 14.2. The zero-order valence-electron chi connectivity index (χ0n) is 16.1. The Morgan fingerprint density at radius 3 is 2.28 bits per heavy atom. The van der Waals surface area contributed by atoms with Gasteiger partial charge >= 0.3 is 0 Å². The van der Waals surface area contributed by atoms with Gasteiger partial charge in [-0.3, -0.25) is 9.59 Å². The molecule has 0 saturated carbocycles. The Morgan fingerprint density at radius 2 is 1.55 bits per heavy atom. The Morgan fingerprint density at radius 1 is 0.862 bits per heavy atom. The number of carbonyl (C=O) groups is 2. The second-order valence-electron chi connectivity index (χ2n) is 6.19. The van der Waals surface area contributed by atoms with E-state index in [0.717, 1.165) is 4.90 Å². The largest absolute Gasteiger partial charge is 0.497 e. The number of benzene rings is 3. The molecule has 2 amide bonds. The summed E-state index contributed by atoms with van der Waals surface area (Å²) in [6, 6.07) is 24.0. The second-order valence-corrected chi connectivity index (χ2v) is 7.36. The van der Waals surface area contributed by atoms with Gasteiger partial charge in [-0.1, -0.05) is 30.3 Å². The minimum absolute atomic E-state index is 0.127. The molecule has 6 heteroatoms. The summed E-state index contributed by atoms with van der Waals surface area (Å²) in [6.45, 7) is 0. The van der Waals surface area contributed by atoms with Gasteiger partial charge in [0.05, 0.1) is 18.4 Å². The molecule has 2 N–H and O–H groups in total. The fourth-order valence-electron chi connectivity index (χ4n) is 2.65. The number of para-hydroxylation sites is 1. The van der Waals surface area contributed by atoms with Gasteiger partial charge in [-0.2, -0.15) is 0 Å². The van der Waals surface area contributed by atoms with Crippen LogP contribution in [0.15, 0.2) is 83.8 Å². The van der Waals surface area contributed by atoms with E-state index >= 15 is 0 Å². The summed E-state index contributed by atoms with van der Waals surface area (Å²) in [4.78, 5) is 26.1. The van der Waals surface area contributed by atoms with Crippen LogP contribution in [0.3, 0.4) is 0 Å². The van der Waals surface area contributed by atoms with Crippen LogP contribution in [0.5, 0.6) is 5.75 Å². The van der Waals surface area contributed by atoms with Gasteiger partial charge in [-0.05, 0) is 48.5 Å². The Bertz CT molecular complexity index is 959. The van der Waals surface area contributed by atoms with E-state index in [1.165, 1.54) is 0 Å². The molecule has 0 aromatic heterocycles. The average Bonchev–Trinajstić information content (AvgIpc) is 2.75. The molecule has 29 heavy (non-hydrogen) atoms. The Labute approximate surface area is 174 Å². The van der Waals surface area contributed by atoms with Crippen LogP contribution in [0.1, 0.15) is 16.8 Å². The molecule has 0 aliphatic carbocycles. The van der Waals surface area contributed by atoms with Crippen LogP contribution in [0.4, 0.5) is 11.4 Å². The molecule has 148 valence electrons. The highest BCUT2D eigenvalue weighted by molar-refractivity contribution is 7.99. The van der Waals surface area contributed by atoms with Crippen molar-refractivity contribution in [3.8, 4) is 5.75 Å². The van der Waals surface area contributed by atoms with Crippen LogP contribution in [0.2, 0.25) is 0 Å². The summed E-state index contributed by atoms with van der Waals surface area (Å²) in [5, 5.41) is 5.69. The maximum atomic E-state index is 12.7. The van der Waals surface area contributed by atoms with E-state index in [2.05, 4.69) is 10.6 Å². The second kappa shape index (κ2) is 10.3. The van der Waals surface area contributed by atoms with Crippen molar-refractivity contribution < 1.29 is 14.3 Å². The monoisotopic (exact) mass is 406 g/mol. The molecule has 3 aromatic rings. The molecule has 0 heterocycles. The first-order valence-corrected chi connectivity index (χ1v) is 10.2. The molecule has 5 nitrogen and oxygen atoms in total. The lowest BCUT2D eigenvalue weighted by atomic mass is 10.1. The van der Waals surface area contributed by atoms with Gasteiger partial charge in [0.15, 0.2) is 0 Å². The molecule has 0 saturated heterocycles. The van der Waals surface area contributed by atoms with E-state index in [-0.39, 0.29) is 11.8 Å². The van der Waals surface area contributed by atoms with Crippen molar-refractivity contribution in [3.63, 3.8) is 0 Å². The van der Waals surface area contributed by atoms with Crippen molar-refractivity contribution in [2.24, 2.45) is 0 Å². The fraction of sp³-hybridized carbons (Fsp3) is 0.130. The quantitative estimate of drug-likeness (QED) is 0.513. The fourth-order valence-corrected chi connectivity index (χ4v) is 3.53. The third kappa shape index (κ3) is 6.12. The number of nitrogens with one attached hydrogen (secondary N) is 2. The standard InChI is InChI=1S/C23H22N2O3S/c1-28-18-13-11-17(12-14-18)24-23(27)20-9-5-6-10-21(20)25-22(26)15-16-29-19-7-3-2-4-8-19/h2-14H,15-16H2,1H3,(H,24,27)(H,25,26). The van der Waals surface area contributed by atoms with Gasteiger partial charge in [0.25, 0.3) is 5.91 Å². The van der Waals surface area contributed by atoms with E-state index in [0.29, 0.717) is 34.9 Å². The van der Waals surface area contributed by atoms with E-state index in [1.807, 2.05) is 30.3 Å². The number of ether oxygens (including phenoxy) is 1. The normalized spacial score (nSPS) is 10.2. The van der Waals surface area contributed by atoms with Gasteiger partial charge < -0.3 is 15.4 Å². The Hall–Kier alpha value is -3.25. The van der Waals surface area contributed by atoms with Gasteiger partial charge in [0.1, 0.15) is 5.75 Å². The van der Waals surface area contributed by atoms with Gasteiger partial charge in [0, 0.05) is 22.8 Å². The molecular formula is C23H22N2O3S. The highest BCUT2D eigenvalue weighted by Gasteiger charge is 2.13. The van der Waals surface area contributed by atoms with Crippen molar-refractivity contribution >= 4 is 35.0 Å². The summed E-state index contributed by atoms with van der Waals surface area (Å²) in [6.07, 6.45) is 0.355. The lowest BCUT2D eigenvalue weighted by Crippen LogP contribution is -2.18. The molecule has 0 aliphatic rings. The van der Waals surface area contributed by atoms with E-state index in [9.17, 15) is 9.59 Å². The molecule has 3 aromatic carbocycles. The summed E-state index contributed by atoms with van der Waals surface area (Å²) >= 11 is 1.62. The smallest absolute Gasteiger partial charge is 0.257 e. The maximum absolute atomic E-state index is 12.7. The zero-order valence-corrected chi connectivity index (χ0v) is 16.9. The maximum Gasteiger partial charge on any atom is 0.257 e. The SMILES string of the molecule is COc1ccc(NC(=O)c2ccccc2NC(=O)CCSc2ccccc2)cc1. The molecule has 0 fully saturated rings. The predicted molar refractivity (Wildman–Crippen MR) is 118 cm³/mol. The number of rotatable bonds is 8. The van der Waals surface area contributed by atoms with Gasteiger partial charge in [0.2, 0.25) is 5.91 Å². The van der Waals surface area contributed by atoms with E-state index < -0.39 is 0 Å². The number of methoxy groups -OCH3 is 1. The molecule has 0 unspecified atom stereocenters. The first-order valence-electron chi connectivity index (χ1n) is 9.18. The van der Waals surface area contributed by atoms with E-state index in [1.54, 1.807) is 67.4 Å². The van der Waals surface area contributed by atoms with Crippen LogP contribution >= 0.6 is 11.8 Å². The van der Waals surface area contributed by atoms with Crippen molar-refractivity contribution in [3.05, 3.63) is 84.4 Å². The van der Waals surface area contributed by atoms with Gasteiger partial charge in [-0.15, -0.1) is 11.8 Å². The van der Waals surface area contributed by atoms with Gasteiger partial charge in [-0.25, -0.2) is 0 Å². The van der Waals surface area contributed by atoms with Crippen LogP contribution in [-0.4, -0.2) is 24.7 Å². The predicted octanol–water partition coefficient (Wildman–Crippen LogP) is 5.07. The summed E-state index contributed by atoms with van der Waals surface area (Å²) in [5.74, 6) is 0.961. The topological polar surface area (TPSA) is 67.4 Å². The highest BCUT2D eigenvalue weighted by Crippen LogP contribution is 2.21. The summed E-state index contributed by atoms with van der Waals surface area (Å²) in [5.41, 5.74) is 1.55. The lowest BCUT2D eigenvalue weighted by molar-refractivity contribution is -0.115. The number of hydrogen-bond donors (Lipinski definition) is 2. The third-order valence-corrected chi connectivity index (χ3v) is 5.15. The molecule has 0 aliphatic heterocycles. The molecule has 0 radical (unpaired) electrons. The number of thioether (sulfide) groups is 1. The number of amides is 2. The lowest BCUT2D eigenvalue weighted by Gasteiger charge is -2.12.